The number of hydrogen-bond acceptors (Lipinski definition) is 6. The molecule has 0 unspecified atom stereocenters. The Morgan fingerprint density at radius 2 is 1.80 bits per heavy atom. The normalized spacial score (nSPS) is 13.8. The van der Waals surface area contributed by atoms with Crippen molar-refractivity contribution in [2.75, 3.05) is 58.7 Å². The number of aromatic nitrogens is 4. The van der Waals surface area contributed by atoms with E-state index in [0.717, 1.165) is 99.6 Å². The van der Waals surface area contributed by atoms with Crippen molar-refractivity contribution in [2.45, 2.75) is 12.8 Å². The standard InChI is InChI=1S/C36H38FN7O/c1-43(2)13-10-39-28-17-25(16-27(37)20-28)30-6-5-7-33-31(30)21-35(40-33)36-32-19-24(8-9-34(32)41-42-36)26-18-29(23-38-22-26)45-15-14-44-11-3-4-12-44/h5-9,16-23,39-40H,3-4,10-15H2,1-2H3,(H,41,42). The zero-order chi connectivity index (χ0) is 30.8. The van der Waals surface area contributed by atoms with E-state index in [1.165, 1.54) is 12.8 Å². The summed E-state index contributed by atoms with van der Waals surface area (Å²) in [5.74, 6) is 0.504. The maximum absolute atomic E-state index is 14.7. The number of aromatic amines is 2. The second-order valence-electron chi connectivity index (χ2n) is 12.0. The van der Waals surface area contributed by atoms with Crippen LogP contribution in [0.2, 0.25) is 0 Å². The lowest BCUT2D eigenvalue weighted by Crippen LogP contribution is -2.25. The van der Waals surface area contributed by atoms with Gasteiger partial charge in [0.1, 0.15) is 23.9 Å². The average Bonchev–Trinajstić information content (AvgIpc) is 3.80. The molecule has 1 aliphatic heterocycles. The van der Waals surface area contributed by atoms with Gasteiger partial charge in [-0.1, -0.05) is 18.2 Å². The Balaban J connectivity index is 1.17. The first-order valence-corrected chi connectivity index (χ1v) is 15.6. The van der Waals surface area contributed by atoms with Crippen LogP contribution in [0.3, 0.4) is 0 Å². The molecule has 0 radical (unpaired) electrons. The van der Waals surface area contributed by atoms with Crippen LogP contribution in [0.4, 0.5) is 10.1 Å². The number of ether oxygens (including phenoxy) is 1. The van der Waals surface area contributed by atoms with Crippen LogP contribution < -0.4 is 10.1 Å². The van der Waals surface area contributed by atoms with Crippen LogP contribution in [0.15, 0.2) is 79.1 Å². The van der Waals surface area contributed by atoms with Gasteiger partial charge >= 0.3 is 0 Å². The monoisotopic (exact) mass is 603 g/mol. The van der Waals surface area contributed by atoms with Gasteiger partial charge in [-0.2, -0.15) is 5.10 Å². The summed E-state index contributed by atoms with van der Waals surface area (Å²) in [6, 6.07) is 21.6. The third-order valence-electron chi connectivity index (χ3n) is 8.50. The first kappa shape index (κ1) is 29.0. The fourth-order valence-electron chi connectivity index (χ4n) is 6.16. The molecule has 8 nitrogen and oxygen atoms in total. The molecule has 3 N–H and O–H groups in total. The quantitative estimate of drug-likeness (QED) is 0.148. The van der Waals surface area contributed by atoms with E-state index in [-0.39, 0.29) is 5.82 Å². The minimum atomic E-state index is -0.269. The molecular weight excluding hydrogens is 565 g/mol. The van der Waals surface area contributed by atoms with E-state index in [9.17, 15) is 4.39 Å². The van der Waals surface area contributed by atoms with Gasteiger partial charge in [0.25, 0.3) is 0 Å². The van der Waals surface area contributed by atoms with Gasteiger partial charge in [0.2, 0.25) is 0 Å². The van der Waals surface area contributed by atoms with E-state index in [0.29, 0.717) is 6.61 Å². The predicted octanol–water partition coefficient (Wildman–Crippen LogP) is 7.03. The van der Waals surface area contributed by atoms with Gasteiger partial charge in [-0.05, 0) is 105 Å². The number of nitrogens with zero attached hydrogens (tertiary/aromatic N) is 4. The molecule has 7 rings (SSSR count). The molecule has 0 aliphatic carbocycles. The molecule has 1 fully saturated rings. The number of pyridine rings is 1. The lowest BCUT2D eigenvalue weighted by Gasteiger charge is -2.15. The maximum atomic E-state index is 14.7. The topological polar surface area (TPSA) is 85.1 Å². The number of likely N-dealkylation sites (tertiary alicyclic amines) is 1. The van der Waals surface area contributed by atoms with E-state index >= 15 is 0 Å². The average molecular weight is 604 g/mol. The number of H-pyrrole nitrogens is 2. The van der Waals surface area contributed by atoms with Crippen LogP contribution in [0.25, 0.3) is 55.4 Å². The van der Waals surface area contributed by atoms with Gasteiger partial charge < -0.3 is 19.9 Å². The van der Waals surface area contributed by atoms with E-state index in [1.54, 1.807) is 18.3 Å². The number of hydrogen-bond donors (Lipinski definition) is 3. The van der Waals surface area contributed by atoms with Crippen LogP contribution >= 0.6 is 0 Å². The molecular formula is C36H38FN7O. The zero-order valence-electron chi connectivity index (χ0n) is 25.7. The molecule has 3 aromatic carbocycles. The fraction of sp³-hybridized carbons (Fsp3) is 0.278. The van der Waals surface area contributed by atoms with E-state index in [1.807, 2.05) is 50.6 Å². The van der Waals surface area contributed by atoms with Gasteiger partial charge in [0, 0.05) is 53.4 Å². The van der Waals surface area contributed by atoms with Crippen LogP contribution in [0.1, 0.15) is 12.8 Å². The van der Waals surface area contributed by atoms with Crippen LogP contribution in [0.5, 0.6) is 5.75 Å². The number of halogens is 1. The summed E-state index contributed by atoms with van der Waals surface area (Å²) in [4.78, 5) is 12.6. The Morgan fingerprint density at radius 3 is 2.67 bits per heavy atom. The minimum Gasteiger partial charge on any atom is -0.491 e. The van der Waals surface area contributed by atoms with Crippen molar-refractivity contribution in [2.24, 2.45) is 0 Å². The van der Waals surface area contributed by atoms with Crippen molar-refractivity contribution >= 4 is 27.5 Å². The molecule has 9 heteroatoms. The molecule has 0 atom stereocenters. The smallest absolute Gasteiger partial charge is 0.138 e. The number of anilines is 1. The van der Waals surface area contributed by atoms with Crippen molar-refractivity contribution in [3.05, 3.63) is 84.9 Å². The molecule has 0 saturated carbocycles. The summed E-state index contributed by atoms with van der Waals surface area (Å²) in [7, 11) is 4.04. The van der Waals surface area contributed by atoms with Crippen LogP contribution in [-0.4, -0.2) is 83.4 Å². The zero-order valence-corrected chi connectivity index (χ0v) is 25.7. The third kappa shape index (κ3) is 6.41. The number of fused-ring (bicyclic) bond motifs is 2. The van der Waals surface area contributed by atoms with Crippen molar-refractivity contribution in [3.8, 4) is 39.4 Å². The highest BCUT2D eigenvalue weighted by atomic mass is 19.1. The number of likely N-dealkylation sites (N-methyl/N-ethyl adjacent to an activating group) is 1. The summed E-state index contributed by atoms with van der Waals surface area (Å²) in [5, 5.41) is 13.2. The molecule has 0 bridgehead atoms. The van der Waals surface area contributed by atoms with Crippen molar-refractivity contribution in [1.29, 1.82) is 0 Å². The molecule has 6 aromatic rings. The largest absolute Gasteiger partial charge is 0.491 e. The Hall–Kier alpha value is -4.73. The Kier molecular flexibility index (Phi) is 8.19. The number of rotatable bonds is 11. The molecule has 1 saturated heterocycles. The third-order valence-corrected chi connectivity index (χ3v) is 8.50. The Bertz CT molecular complexity index is 1940. The first-order chi connectivity index (χ1) is 22.0. The van der Waals surface area contributed by atoms with Crippen molar-refractivity contribution in [1.82, 2.24) is 30.0 Å². The summed E-state index contributed by atoms with van der Waals surface area (Å²) in [6.45, 7) is 5.50. The summed E-state index contributed by atoms with van der Waals surface area (Å²) in [6.07, 6.45) is 6.20. The highest BCUT2D eigenvalue weighted by Gasteiger charge is 2.16. The van der Waals surface area contributed by atoms with E-state index in [4.69, 9.17) is 9.84 Å². The maximum Gasteiger partial charge on any atom is 0.138 e. The summed E-state index contributed by atoms with van der Waals surface area (Å²) < 4.78 is 20.8. The molecule has 45 heavy (non-hydrogen) atoms. The first-order valence-electron chi connectivity index (χ1n) is 15.6. The SMILES string of the molecule is CN(C)CCNc1cc(F)cc(-c2cccc3[nH]c(-c4n[nH]c5ccc(-c6cncc(OCCN7CCCC7)c6)cc45)cc23)c1. The van der Waals surface area contributed by atoms with Gasteiger partial charge in [0.15, 0.2) is 0 Å². The highest BCUT2D eigenvalue weighted by Crippen LogP contribution is 2.36. The predicted molar refractivity (Wildman–Crippen MR) is 180 cm³/mol. The second kappa shape index (κ2) is 12.7. The van der Waals surface area contributed by atoms with Crippen molar-refractivity contribution in [3.63, 3.8) is 0 Å². The van der Waals surface area contributed by atoms with Crippen molar-refractivity contribution < 1.29 is 9.13 Å². The molecule has 3 aromatic heterocycles. The number of benzene rings is 3. The lowest BCUT2D eigenvalue weighted by atomic mass is 10.0. The van der Waals surface area contributed by atoms with Gasteiger partial charge in [-0.25, -0.2) is 4.39 Å². The van der Waals surface area contributed by atoms with Gasteiger partial charge in [-0.3, -0.25) is 15.0 Å². The Labute approximate surface area is 262 Å². The fourth-order valence-corrected chi connectivity index (χ4v) is 6.16. The summed E-state index contributed by atoms with van der Waals surface area (Å²) >= 11 is 0. The molecule has 0 amide bonds. The van der Waals surface area contributed by atoms with Crippen LogP contribution in [0, 0.1) is 5.82 Å². The van der Waals surface area contributed by atoms with Crippen LogP contribution in [-0.2, 0) is 0 Å². The molecule has 0 spiro atoms. The highest BCUT2D eigenvalue weighted by molar-refractivity contribution is 6.02. The molecule has 230 valence electrons. The minimum absolute atomic E-state index is 0.269. The van der Waals surface area contributed by atoms with Gasteiger partial charge in [0.05, 0.1) is 17.4 Å². The van der Waals surface area contributed by atoms with E-state index < -0.39 is 0 Å². The molecule has 4 heterocycles. The Morgan fingerprint density at radius 1 is 0.911 bits per heavy atom. The second-order valence-corrected chi connectivity index (χ2v) is 12.0. The van der Waals surface area contributed by atoms with E-state index in [2.05, 4.69) is 54.4 Å². The summed E-state index contributed by atoms with van der Waals surface area (Å²) in [5.41, 5.74) is 8.18. The van der Waals surface area contributed by atoms with Gasteiger partial charge in [-0.15, -0.1) is 0 Å². The molecule has 1 aliphatic rings. The lowest BCUT2D eigenvalue weighted by molar-refractivity contribution is 0.237. The number of nitrogens with one attached hydrogen (secondary N) is 3.